The molecule has 0 spiro atoms. The van der Waals surface area contributed by atoms with Gasteiger partial charge in [-0.15, -0.1) is 0 Å². The standard InChI is InChI=1S/C58H44O8P2/c1-63-55(59)41-25-33-15-5-9-19-37(33)51-45(41)29-67(30-46-42(56(60)64-2)26-34-16-6-10-20-38(34)52(46)51)49-23-13-14-24-50(49)68-31-47-43(57(61)65-3)27-35-17-7-11-21-39(35)53(47)54-40-22-12-8-18-36(40)28-44(48(54)32-68)58(62)66-4/h5-28H,29-32H2,1-4H3. The molecular weight excluding hydrogens is 887 g/mol. The Morgan fingerprint density at radius 1 is 0.338 bits per heavy atom. The fourth-order valence-corrected chi connectivity index (χ4v) is 16.7. The van der Waals surface area contributed by atoms with Gasteiger partial charge in [-0.05, 0) is 147 Å². The van der Waals surface area contributed by atoms with Crippen molar-refractivity contribution in [2.75, 3.05) is 28.4 Å². The molecule has 0 N–H and O–H groups in total. The van der Waals surface area contributed by atoms with Crippen LogP contribution in [0.4, 0.5) is 0 Å². The number of carbonyl (C=O) groups is 4. The fourth-order valence-electron chi connectivity index (χ4n) is 10.7. The van der Waals surface area contributed by atoms with Gasteiger partial charge in [0.1, 0.15) is 0 Å². The molecule has 10 heteroatoms. The monoisotopic (exact) mass is 930 g/mol. The minimum Gasteiger partial charge on any atom is -0.465 e. The van der Waals surface area contributed by atoms with Crippen LogP contribution in [0.2, 0.25) is 0 Å². The molecular formula is C58H44O8P2. The first-order chi connectivity index (χ1) is 33.2. The van der Waals surface area contributed by atoms with E-state index in [-0.39, 0.29) is 0 Å². The molecule has 0 unspecified atom stereocenters. The van der Waals surface area contributed by atoms with Gasteiger partial charge < -0.3 is 18.9 Å². The van der Waals surface area contributed by atoms with Crippen molar-refractivity contribution >= 4 is 93.4 Å². The summed E-state index contributed by atoms with van der Waals surface area (Å²) < 4.78 is 22.2. The topological polar surface area (TPSA) is 105 Å². The molecule has 0 aromatic heterocycles. The third kappa shape index (κ3) is 6.97. The Balaban J connectivity index is 1.21. The fraction of sp³-hybridized carbons (Fsp3) is 0.138. The Morgan fingerprint density at radius 2 is 0.559 bits per heavy atom. The Kier molecular flexibility index (Phi) is 11.1. The molecule has 0 saturated heterocycles. The van der Waals surface area contributed by atoms with E-state index < -0.39 is 39.7 Å². The van der Waals surface area contributed by atoms with Gasteiger partial charge in [-0.3, -0.25) is 0 Å². The Labute approximate surface area is 395 Å². The van der Waals surface area contributed by atoms with Gasteiger partial charge in [0.15, 0.2) is 0 Å². The summed E-state index contributed by atoms with van der Waals surface area (Å²) in [6.07, 6.45) is 2.03. The lowest BCUT2D eigenvalue weighted by Gasteiger charge is -2.27. The molecule has 0 amide bonds. The third-order valence-corrected chi connectivity index (χ3v) is 18.8. The molecule has 11 rings (SSSR count). The quantitative estimate of drug-likeness (QED) is 0.0922. The molecule has 8 nitrogen and oxygen atoms in total. The number of ether oxygens (including phenoxy) is 4. The zero-order chi connectivity index (χ0) is 46.8. The van der Waals surface area contributed by atoms with Crippen molar-refractivity contribution in [1.29, 1.82) is 0 Å². The van der Waals surface area contributed by atoms with Crippen LogP contribution >= 0.6 is 15.8 Å². The van der Waals surface area contributed by atoms with Crippen molar-refractivity contribution in [3.05, 3.63) is 190 Å². The van der Waals surface area contributed by atoms with Crippen molar-refractivity contribution in [2.45, 2.75) is 24.6 Å². The summed E-state index contributed by atoms with van der Waals surface area (Å²) in [5, 5.41) is 9.67. The van der Waals surface area contributed by atoms with E-state index >= 15 is 0 Å². The van der Waals surface area contributed by atoms with E-state index in [1.165, 1.54) is 28.4 Å². The summed E-state index contributed by atoms with van der Waals surface area (Å²) in [4.78, 5) is 56.5. The number of methoxy groups -OCH3 is 4. The SMILES string of the molecule is COC(=O)c1cc2ccccc2c2c1CP(c1ccccc1P1Cc3c(C(=O)OC)cc4ccccc4c3-c3c(c(C(=O)OC)cc4ccccc34)C1)Cc1c(C(=O)OC)cc3ccccc3c1-2. The van der Waals surface area contributed by atoms with Crippen molar-refractivity contribution < 1.29 is 38.1 Å². The van der Waals surface area contributed by atoms with Crippen molar-refractivity contribution in [1.82, 2.24) is 0 Å². The van der Waals surface area contributed by atoms with Crippen LogP contribution in [0.1, 0.15) is 63.7 Å². The van der Waals surface area contributed by atoms with Gasteiger partial charge in [0.05, 0.1) is 50.7 Å². The number of benzene rings is 9. The summed E-state index contributed by atoms with van der Waals surface area (Å²) in [6.45, 7) is 0. The van der Waals surface area contributed by atoms with Crippen LogP contribution in [0.5, 0.6) is 0 Å². The minimum absolute atomic E-state index is 0.432. The van der Waals surface area contributed by atoms with Gasteiger partial charge in [0, 0.05) is 0 Å². The first-order valence-electron chi connectivity index (χ1n) is 22.3. The summed E-state index contributed by atoms with van der Waals surface area (Å²) >= 11 is 0. The average molecular weight is 931 g/mol. The van der Waals surface area contributed by atoms with E-state index in [0.29, 0.717) is 46.9 Å². The maximum Gasteiger partial charge on any atom is 0.338 e. The van der Waals surface area contributed by atoms with Gasteiger partial charge in [-0.2, -0.15) is 0 Å². The van der Waals surface area contributed by atoms with Crippen molar-refractivity contribution in [2.24, 2.45) is 0 Å². The first-order valence-corrected chi connectivity index (χ1v) is 25.8. The number of esters is 4. The van der Waals surface area contributed by atoms with E-state index in [1.54, 1.807) is 0 Å². The average Bonchev–Trinajstić information content (AvgIpc) is 3.69. The highest BCUT2D eigenvalue weighted by Crippen LogP contribution is 2.58. The molecule has 2 aliphatic heterocycles. The molecule has 0 aliphatic carbocycles. The molecule has 2 aliphatic rings. The predicted molar refractivity (Wildman–Crippen MR) is 274 cm³/mol. The third-order valence-electron chi connectivity index (χ3n) is 13.7. The van der Waals surface area contributed by atoms with Crippen LogP contribution in [-0.2, 0) is 43.6 Å². The van der Waals surface area contributed by atoms with Gasteiger partial charge in [-0.1, -0.05) is 137 Å². The molecule has 9 aromatic rings. The van der Waals surface area contributed by atoms with Gasteiger partial charge >= 0.3 is 23.9 Å². The lowest BCUT2D eigenvalue weighted by Crippen LogP contribution is -2.24. The van der Waals surface area contributed by atoms with Crippen LogP contribution in [0.25, 0.3) is 65.3 Å². The Hall–Kier alpha value is -7.24. The zero-order valence-electron chi connectivity index (χ0n) is 37.8. The van der Waals surface area contributed by atoms with Gasteiger partial charge in [0.2, 0.25) is 0 Å². The van der Waals surface area contributed by atoms with Gasteiger partial charge in [0.25, 0.3) is 0 Å². The smallest absolute Gasteiger partial charge is 0.338 e. The van der Waals surface area contributed by atoms with E-state index in [2.05, 4.69) is 48.5 Å². The Bertz CT molecular complexity index is 3180. The molecule has 0 bridgehead atoms. The van der Waals surface area contributed by atoms with Crippen LogP contribution in [0.15, 0.2) is 146 Å². The Morgan fingerprint density at radius 3 is 0.794 bits per heavy atom. The highest BCUT2D eigenvalue weighted by molar-refractivity contribution is 7.70. The molecule has 334 valence electrons. The van der Waals surface area contributed by atoms with E-state index in [9.17, 15) is 19.2 Å². The largest absolute Gasteiger partial charge is 0.465 e. The maximum absolute atomic E-state index is 14.1. The number of hydrogen-bond acceptors (Lipinski definition) is 8. The lowest BCUT2D eigenvalue weighted by atomic mass is 9.84. The molecule has 68 heavy (non-hydrogen) atoms. The highest BCUT2D eigenvalue weighted by Gasteiger charge is 2.37. The summed E-state index contributed by atoms with van der Waals surface area (Å²) in [5.41, 5.74) is 9.05. The zero-order valence-corrected chi connectivity index (χ0v) is 39.6. The van der Waals surface area contributed by atoms with E-state index in [4.69, 9.17) is 18.9 Å². The molecule has 9 aromatic carbocycles. The summed E-state index contributed by atoms with van der Waals surface area (Å²) in [7, 11) is 3.18. The predicted octanol–water partition coefficient (Wildman–Crippen LogP) is 12.4. The van der Waals surface area contributed by atoms with Gasteiger partial charge in [-0.25, -0.2) is 19.2 Å². The number of rotatable bonds is 6. The number of hydrogen-bond donors (Lipinski definition) is 0. The highest BCUT2D eigenvalue weighted by atomic mass is 31.1. The molecule has 0 saturated carbocycles. The number of carbonyl (C=O) groups excluding carboxylic acids is 4. The molecule has 2 heterocycles. The molecule has 0 atom stereocenters. The van der Waals surface area contributed by atoms with Crippen molar-refractivity contribution in [3.8, 4) is 22.3 Å². The van der Waals surface area contributed by atoms with Crippen LogP contribution in [0, 0.1) is 0 Å². The van der Waals surface area contributed by atoms with Crippen LogP contribution in [-0.4, -0.2) is 52.3 Å². The normalized spacial score (nSPS) is 13.5. The summed E-state index contributed by atoms with van der Waals surface area (Å²) in [5.74, 6) is -1.73. The molecule has 0 radical (unpaired) electrons. The van der Waals surface area contributed by atoms with Crippen LogP contribution < -0.4 is 10.6 Å². The van der Waals surface area contributed by atoms with Crippen LogP contribution in [0.3, 0.4) is 0 Å². The first kappa shape index (κ1) is 43.3. The second kappa shape index (κ2) is 17.4. The second-order valence-electron chi connectivity index (χ2n) is 17.2. The molecule has 0 fully saturated rings. The lowest BCUT2D eigenvalue weighted by molar-refractivity contribution is 0.0591. The van der Waals surface area contributed by atoms with Crippen molar-refractivity contribution in [3.63, 3.8) is 0 Å². The summed E-state index contributed by atoms with van der Waals surface area (Å²) in [6, 6.07) is 48.6. The number of fused-ring (bicyclic) bond motifs is 14. The second-order valence-corrected chi connectivity index (χ2v) is 21.6. The maximum atomic E-state index is 14.1. The minimum atomic E-state index is -1.24. The van der Waals surface area contributed by atoms with E-state index in [0.717, 1.165) is 98.2 Å². The van der Waals surface area contributed by atoms with E-state index in [1.807, 2.05) is 97.1 Å².